The van der Waals surface area contributed by atoms with Crippen LogP contribution >= 0.6 is 11.8 Å². The standard InChI is InChI=1S/C14H17N3S/c1-9-6-12(17-14(18-3)16-8-15)7-10(2)13(9)11-4-5-11/h6-7,11H,4-5H2,1-3H3,(H,16,17). The summed E-state index contributed by atoms with van der Waals surface area (Å²) in [5.41, 5.74) is 5.18. The van der Waals surface area contributed by atoms with Crippen molar-refractivity contribution in [1.29, 1.82) is 5.26 Å². The average Bonchev–Trinajstić information content (AvgIpc) is 3.12. The molecule has 1 aromatic rings. The second-order valence-corrected chi connectivity index (χ2v) is 5.44. The fourth-order valence-corrected chi connectivity index (χ4v) is 2.71. The molecule has 0 amide bonds. The van der Waals surface area contributed by atoms with Gasteiger partial charge in [0.25, 0.3) is 0 Å². The Labute approximate surface area is 112 Å². The van der Waals surface area contributed by atoms with Crippen LogP contribution in [0.3, 0.4) is 0 Å². The molecule has 0 spiro atoms. The highest BCUT2D eigenvalue weighted by Crippen LogP contribution is 2.43. The second-order valence-electron chi connectivity index (χ2n) is 4.64. The molecule has 1 saturated carbocycles. The van der Waals surface area contributed by atoms with Crippen LogP contribution in [0.15, 0.2) is 17.1 Å². The minimum Gasteiger partial charge on any atom is -0.334 e. The van der Waals surface area contributed by atoms with Crippen molar-refractivity contribution in [3.63, 3.8) is 0 Å². The quantitative estimate of drug-likeness (QED) is 0.499. The zero-order chi connectivity index (χ0) is 13.1. The van der Waals surface area contributed by atoms with E-state index in [0.717, 1.165) is 11.6 Å². The molecule has 0 radical (unpaired) electrons. The summed E-state index contributed by atoms with van der Waals surface area (Å²) in [5, 5.41) is 12.4. The van der Waals surface area contributed by atoms with E-state index in [1.807, 2.05) is 12.4 Å². The van der Waals surface area contributed by atoms with Gasteiger partial charge in [-0.15, -0.1) is 4.99 Å². The van der Waals surface area contributed by atoms with Crippen molar-refractivity contribution in [3.8, 4) is 6.19 Å². The smallest absolute Gasteiger partial charge is 0.208 e. The maximum absolute atomic E-state index is 8.59. The first-order valence-corrected chi connectivity index (χ1v) is 7.27. The minimum absolute atomic E-state index is 0.635. The van der Waals surface area contributed by atoms with Gasteiger partial charge in [0.1, 0.15) is 0 Å². The number of nitrogens with zero attached hydrogens (tertiary/aromatic N) is 2. The van der Waals surface area contributed by atoms with Crippen molar-refractivity contribution in [3.05, 3.63) is 28.8 Å². The summed E-state index contributed by atoms with van der Waals surface area (Å²) in [6, 6.07) is 4.29. The summed E-state index contributed by atoms with van der Waals surface area (Å²) >= 11 is 1.44. The molecular formula is C14H17N3S. The third-order valence-electron chi connectivity index (χ3n) is 3.18. The van der Waals surface area contributed by atoms with E-state index in [-0.39, 0.29) is 0 Å². The van der Waals surface area contributed by atoms with E-state index in [1.165, 1.54) is 41.3 Å². The van der Waals surface area contributed by atoms with Crippen LogP contribution in [0, 0.1) is 25.3 Å². The van der Waals surface area contributed by atoms with E-state index < -0.39 is 0 Å². The van der Waals surface area contributed by atoms with E-state index in [1.54, 1.807) is 0 Å². The SMILES string of the molecule is CS/C(=N\C#N)Nc1cc(C)c(C2CC2)c(C)c1. The molecule has 0 bridgehead atoms. The molecule has 1 fully saturated rings. The average molecular weight is 259 g/mol. The van der Waals surface area contributed by atoms with Gasteiger partial charge in [-0.05, 0) is 67.7 Å². The number of aryl methyl sites for hydroxylation is 2. The molecule has 18 heavy (non-hydrogen) atoms. The molecule has 0 aliphatic heterocycles. The van der Waals surface area contributed by atoms with E-state index in [0.29, 0.717) is 5.17 Å². The molecule has 1 aromatic carbocycles. The number of nitriles is 1. The number of anilines is 1. The number of hydrogen-bond donors (Lipinski definition) is 1. The lowest BCUT2D eigenvalue weighted by molar-refractivity contribution is 1.07. The number of amidine groups is 1. The number of benzene rings is 1. The van der Waals surface area contributed by atoms with Crippen LogP contribution in [-0.4, -0.2) is 11.4 Å². The van der Waals surface area contributed by atoms with Crippen molar-refractivity contribution in [2.45, 2.75) is 32.6 Å². The first-order valence-electron chi connectivity index (χ1n) is 6.04. The van der Waals surface area contributed by atoms with Gasteiger partial charge in [0.05, 0.1) is 0 Å². The lowest BCUT2D eigenvalue weighted by atomic mass is 9.98. The lowest BCUT2D eigenvalue weighted by Gasteiger charge is -2.13. The third kappa shape index (κ3) is 2.85. The van der Waals surface area contributed by atoms with Gasteiger partial charge in [0.2, 0.25) is 6.19 Å². The van der Waals surface area contributed by atoms with Gasteiger partial charge in [-0.2, -0.15) is 5.26 Å². The Kier molecular flexibility index (Phi) is 3.93. The Balaban J connectivity index is 2.25. The van der Waals surface area contributed by atoms with Crippen molar-refractivity contribution >= 4 is 22.6 Å². The molecule has 4 heteroatoms. The molecule has 3 nitrogen and oxygen atoms in total. The van der Waals surface area contributed by atoms with Crippen LogP contribution in [-0.2, 0) is 0 Å². The Bertz CT molecular complexity index is 501. The molecule has 0 saturated heterocycles. The van der Waals surface area contributed by atoms with Crippen LogP contribution in [0.2, 0.25) is 0 Å². The Hall–Kier alpha value is -1.47. The Morgan fingerprint density at radius 1 is 1.39 bits per heavy atom. The number of thioether (sulfide) groups is 1. The summed E-state index contributed by atoms with van der Waals surface area (Å²) in [4.78, 5) is 3.74. The molecular weight excluding hydrogens is 242 g/mol. The Morgan fingerprint density at radius 2 is 2.00 bits per heavy atom. The van der Waals surface area contributed by atoms with E-state index >= 15 is 0 Å². The summed E-state index contributed by atoms with van der Waals surface area (Å²) in [6.45, 7) is 4.32. The zero-order valence-electron chi connectivity index (χ0n) is 10.9. The second kappa shape index (κ2) is 5.45. The lowest BCUT2D eigenvalue weighted by Crippen LogP contribution is -2.07. The first kappa shape index (κ1) is 13.0. The number of rotatable bonds is 2. The Morgan fingerprint density at radius 3 is 2.44 bits per heavy atom. The number of nitrogens with one attached hydrogen (secondary N) is 1. The first-order chi connectivity index (χ1) is 8.65. The van der Waals surface area contributed by atoms with Gasteiger partial charge in [-0.25, -0.2) is 0 Å². The third-order valence-corrected chi connectivity index (χ3v) is 3.76. The molecule has 0 heterocycles. The van der Waals surface area contributed by atoms with E-state index in [2.05, 4.69) is 36.3 Å². The summed E-state index contributed by atoms with van der Waals surface area (Å²) in [6.07, 6.45) is 6.36. The highest BCUT2D eigenvalue weighted by atomic mass is 32.2. The molecule has 2 rings (SSSR count). The predicted octanol–water partition coefficient (Wildman–Crippen LogP) is 3.79. The molecule has 0 atom stereocenters. The van der Waals surface area contributed by atoms with Crippen LogP contribution in [0.4, 0.5) is 5.69 Å². The van der Waals surface area contributed by atoms with Crippen molar-refractivity contribution < 1.29 is 0 Å². The van der Waals surface area contributed by atoms with Crippen molar-refractivity contribution in [1.82, 2.24) is 0 Å². The monoisotopic (exact) mass is 259 g/mol. The van der Waals surface area contributed by atoms with Gasteiger partial charge in [-0.3, -0.25) is 0 Å². The predicted molar refractivity (Wildman–Crippen MR) is 78.1 cm³/mol. The summed E-state index contributed by atoms with van der Waals surface area (Å²) < 4.78 is 0. The summed E-state index contributed by atoms with van der Waals surface area (Å²) in [5.74, 6) is 0.770. The molecule has 94 valence electrons. The fraction of sp³-hybridized carbons (Fsp3) is 0.429. The highest BCUT2D eigenvalue weighted by molar-refractivity contribution is 8.13. The van der Waals surface area contributed by atoms with Crippen LogP contribution in [0.1, 0.15) is 35.4 Å². The molecule has 1 aliphatic rings. The van der Waals surface area contributed by atoms with Gasteiger partial charge < -0.3 is 5.32 Å². The molecule has 0 aromatic heterocycles. The summed E-state index contributed by atoms with van der Waals surface area (Å²) in [7, 11) is 0. The maximum Gasteiger partial charge on any atom is 0.208 e. The molecule has 1 aliphatic carbocycles. The van der Waals surface area contributed by atoms with Gasteiger partial charge in [-0.1, -0.05) is 11.8 Å². The zero-order valence-corrected chi connectivity index (χ0v) is 11.8. The van der Waals surface area contributed by atoms with Crippen molar-refractivity contribution in [2.75, 3.05) is 11.6 Å². The van der Waals surface area contributed by atoms with Gasteiger partial charge in [0.15, 0.2) is 5.17 Å². The number of aliphatic imine (C=N–C) groups is 1. The maximum atomic E-state index is 8.59. The highest BCUT2D eigenvalue weighted by Gasteiger charge is 2.26. The molecule has 0 unspecified atom stereocenters. The van der Waals surface area contributed by atoms with Crippen LogP contribution in [0.25, 0.3) is 0 Å². The normalized spacial score (nSPS) is 15.3. The number of hydrogen-bond acceptors (Lipinski definition) is 3. The largest absolute Gasteiger partial charge is 0.334 e. The minimum atomic E-state index is 0.635. The van der Waals surface area contributed by atoms with E-state index in [9.17, 15) is 0 Å². The van der Waals surface area contributed by atoms with Crippen LogP contribution < -0.4 is 5.32 Å². The van der Waals surface area contributed by atoms with Gasteiger partial charge >= 0.3 is 0 Å². The van der Waals surface area contributed by atoms with Gasteiger partial charge in [0, 0.05) is 5.69 Å². The van der Waals surface area contributed by atoms with Crippen molar-refractivity contribution in [2.24, 2.45) is 4.99 Å². The molecule has 1 N–H and O–H groups in total. The fourth-order valence-electron chi connectivity index (χ4n) is 2.36. The van der Waals surface area contributed by atoms with Crippen LogP contribution in [0.5, 0.6) is 0 Å². The topological polar surface area (TPSA) is 48.2 Å². The van der Waals surface area contributed by atoms with E-state index in [4.69, 9.17) is 5.26 Å².